The normalized spacial score (nSPS) is 11.5. The minimum Gasteiger partial charge on any atom is -0.496 e. The number of sulfonamides is 1. The first-order chi connectivity index (χ1) is 13.5. The molecule has 3 aromatic carbocycles. The van der Waals surface area contributed by atoms with Crippen molar-refractivity contribution in [1.29, 1.82) is 0 Å². The molecule has 5 nitrogen and oxygen atoms in total. The molecule has 0 aliphatic carbocycles. The summed E-state index contributed by atoms with van der Waals surface area (Å²) in [7, 11) is -2.12. The summed E-state index contributed by atoms with van der Waals surface area (Å²) in [6.07, 6.45) is 1.55. The molecule has 0 saturated carbocycles. The molecule has 0 bridgehead atoms. The molecule has 4 rings (SSSR count). The average Bonchev–Trinajstić information content (AvgIpc) is 3.19. The fourth-order valence-electron chi connectivity index (χ4n) is 3.00. The molecule has 0 unspecified atom stereocenters. The van der Waals surface area contributed by atoms with Gasteiger partial charge in [0.25, 0.3) is 10.0 Å². The van der Waals surface area contributed by atoms with Crippen LogP contribution in [0.15, 0.2) is 71.1 Å². The van der Waals surface area contributed by atoms with Gasteiger partial charge in [-0.1, -0.05) is 35.9 Å². The second kappa shape index (κ2) is 7.43. The fourth-order valence-corrected chi connectivity index (χ4v) is 4.98. The molecule has 142 valence electrons. The monoisotopic (exact) mass is 430 g/mol. The number of hydrogen-bond acceptors (Lipinski definition) is 5. The number of benzene rings is 3. The van der Waals surface area contributed by atoms with Crippen molar-refractivity contribution in [2.24, 2.45) is 0 Å². The first-order valence-electron chi connectivity index (χ1n) is 8.27. The molecule has 0 atom stereocenters. The Labute approximate surface area is 171 Å². The van der Waals surface area contributed by atoms with E-state index in [0.717, 1.165) is 21.9 Å². The predicted octanol–water partition coefficient (Wildman–Crippen LogP) is 5.43. The van der Waals surface area contributed by atoms with E-state index in [1.807, 2.05) is 24.3 Å². The van der Waals surface area contributed by atoms with Crippen LogP contribution in [-0.4, -0.2) is 20.5 Å². The highest BCUT2D eigenvalue weighted by Crippen LogP contribution is 2.37. The molecule has 0 spiro atoms. The lowest BCUT2D eigenvalue weighted by atomic mass is 9.97. The van der Waals surface area contributed by atoms with Gasteiger partial charge in [0.15, 0.2) is 5.13 Å². The third kappa shape index (κ3) is 3.56. The molecular formula is C20H15ClN2O3S2. The van der Waals surface area contributed by atoms with Crippen molar-refractivity contribution in [3.63, 3.8) is 0 Å². The highest BCUT2D eigenvalue weighted by Gasteiger charge is 2.17. The molecule has 0 aliphatic heterocycles. The molecular weight excluding hydrogens is 416 g/mol. The quantitative estimate of drug-likeness (QED) is 0.458. The van der Waals surface area contributed by atoms with Crippen molar-refractivity contribution in [2.75, 3.05) is 11.8 Å². The average molecular weight is 431 g/mol. The smallest absolute Gasteiger partial charge is 0.263 e. The van der Waals surface area contributed by atoms with E-state index in [1.165, 1.54) is 11.3 Å². The molecule has 1 N–H and O–H groups in total. The van der Waals surface area contributed by atoms with Crippen molar-refractivity contribution in [3.8, 4) is 16.9 Å². The lowest BCUT2D eigenvalue weighted by molar-refractivity contribution is 0.416. The van der Waals surface area contributed by atoms with Gasteiger partial charge >= 0.3 is 0 Å². The summed E-state index contributed by atoms with van der Waals surface area (Å²) in [5, 5.41) is 4.35. The predicted molar refractivity (Wildman–Crippen MR) is 114 cm³/mol. The van der Waals surface area contributed by atoms with E-state index in [1.54, 1.807) is 49.0 Å². The third-order valence-corrected chi connectivity index (χ3v) is 6.66. The number of methoxy groups -OCH3 is 1. The Balaban J connectivity index is 1.81. The molecule has 1 aromatic heterocycles. The molecule has 0 aliphatic rings. The van der Waals surface area contributed by atoms with E-state index in [2.05, 4.69) is 9.71 Å². The van der Waals surface area contributed by atoms with Crippen LogP contribution in [0.1, 0.15) is 0 Å². The Hall–Kier alpha value is -2.61. The summed E-state index contributed by atoms with van der Waals surface area (Å²) in [6, 6.07) is 16.2. The standard InChI is InChI=1S/C20H15ClN2O3S2/c1-26-19-12-14(21)5-7-18(19)17-4-2-3-13-11-15(6-8-16(13)17)28(24,25)23-20-22-9-10-27-20/h2-12H,1H3,(H,22,23). The van der Waals surface area contributed by atoms with Gasteiger partial charge in [-0.15, -0.1) is 11.3 Å². The number of nitrogens with zero attached hydrogens (tertiary/aromatic N) is 1. The van der Waals surface area contributed by atoms with Gasteiger partial charge in [0.05, 0.1) is 12.0 Å². The summed E-state index contributed by atoms with van der Waals surface area (Å²) in [4.78, 5) is 4.15. The molecule has 1 heterocycles. The second-order valence-electron chi connectivity index (χ2n) is 5.98. The number of anilines is 1. The van der Waals surface area contributed by atoms with Gasteiger partial charge in [-0.3, -0.25) is 4.72 Å². The van der Waals surface area contributed by atoms with Crippen LogP contribution >= 0.6 is 22.9 Å². The van der Waals surface area contributed by atoms with Crippen molar-refractivity contribution < 1.29 is 13.2 Å². The van der Waals surface area contributed by atoms with Crippen LogP contribution in [0.5, 0.6) is 5.75 Å². The zero-order chi connectivity index (χ0) is 19.7. The Bertz CT molecular complexity index is 1260. The number of rotatable bonds is 5. The van der Waals surface area contributed by atoms with E-state index in [0.29, 0.717) is 15.9 Å². The summed E-state index contributed by atoms with van der Waals surface area (Å²) in [6.45, 7) is 0. The fraction of sp³-hybridized carbons (Fsp3) is 0.0500. The zero-order valence-electron chi connectivity index (χ0n) is 14.7. The first kappa shape index (κ1) is 18.7. The van der Waals surface area contributed by atoms with E-state index in [9.17, 15) is 8.42 Å². The molecule has 4 aromatic rings. The van der Waals surface area contributed by atoms with Crippen LogP contribution in [0, 0.1) is 0 Å². The SMILES string of the molecule is COc1cc(Cl)ccc1-c1cccc2cc(S(=O)(=O)Nc3nccs3)ccc12. The van der Waals surface area contributed by atoms with E-state index in [-0.39, 0.29) is 4.90 Å². The third-order valence-electron chi connectivity index (χ3n) is 4.27. The zero-order valence-corrected chi connectivity index (χ0v) is 17.1. The van der Waals surface area contributed by atoms with E-state index < -0.39 is 10.0 Å². The van der Waals surface area contributed by atoms with Crippen LogP contribution in [0.25, 0.3) is 21.9 Å². The van der Waals surface area contributed by atoms with E-state index >= 15 is 0 Å². The maximum absolute atomic E-state index is 12.7. The maximum Gasteiger partial charge on any atom is 0.263 e. The molecule has 0 amide bonds. The van der Waals surface area contributed by atoms with Crippen LogP contribution < -0.4 is 9.46 Å². The van der Waals surface area contributed by atoms with Crippen molar-refractivity contribution >= 4 is 48.9 Å². The lowest BCUT2D eigenvalue weighted by Crippen LogP contribution is -2.12. The highest BCUT2D eigenvalue weighted by molar-refractivity contribution is 7.93. The van der Waals surface area contributed by atoms with E-state index in [4.69, 9.17) is 16.3 Å². The van der Waals surface area contributed by atoms with Gasteiger partial charge in [-0.2, -0.15) is 0 Å². The van der Waals surface area contributed by atoms with Crippen LogP contribution in [0.2, 0.25) is 5.02 Å². The summed E-state index contributed by atoms with van der Waals surface area (Å²) >= 11 is 7.30. The first-order valence-corrected chi connectivity index (χ1v) is 11.0. The highest BCUT2D eigenvalue weighted by atomic mass is 35.5. The number of fused-ring (bicyclic) bond motifs is 1. The van der Waals surface area contributed by atoms with Gasteiger partial charge in [-0.05, 0) is 46.7 Å². The van der Waals surface area contributed by atoms with Gasteiger partial charge in [-0.25, -0.2) is 13.4 Å². The van der Waals surface area contributed by atoms with Crippen LogP contribution in [-0.2, 0) is 10.0 Å². The van der Waals surface area contributed by atoms with Gasteiger partial charge < -0.3 is 4.74 Å². The Morgan fingerprint density at radius 1 is 1.07 bits per heavy atom. The molecule has 8 heteroatoms. The van der Waals surface area contributed by atoms with Crippen molar-refractivity contribution in [2.45, 2.75) is 4.90 Å². The van der Waals surface area contributed by atoms with Crippen LogP contribution in [0.4, 0.5) is 5.13 Å². The molecule has 0 saturated heterocycles. The summed E-state index contributed by atoms with van der Waals surface area (Å²) < 4.78 is 33.3. The Kier molecular flexibility index (Phi) is 4.97. The van der Waals surface area contributed by atoms with Gasteiger partial charge in [0.1, 0.15) is 5.75 Å². The minimum absolute atomic E-state index is 0.176. The van der Waals surface area contributed by atoms with Gasteiger partial charge in [0.2, 0.25) is 0 Å². The Morgan fingerprint density at radius 2 is 1.93 bits per heavy atom. The molecule has 0 radical (unpaired) electrons. The lowest BCUT2D eigenvalue weighted by Gasteiger charge is -2.13. The number of ether oxygens (including phenoxy) is 1. The van der Waals surface area contributed by atoms with Crippen molar-refractivity contribution in [3.05, 3.63) is 71.2 Å². The topological polar surface area (TPSA) is 68.3 Å². The van der Waals surface area contributed by atoms with Crippen molar-refractivity contribution in [1.82, 2.24) is 4.98 Å². The minimum atomic E-state index is -3.71. The molecule has 0 fully saturated rings. The maximum atomic E-state index is 12.7. The summed E-state index contributed by atoms with van der Waals surface area (Å²) in [5.41, 5.74) is 1.82. The molecule has 28 heavy (non-hydrogen) atoms. The van der Waals surface area contributed by atoms with Crippen LogP contribution in [0.3, 0.4) is 0 Å². The van der Waals surface area contributed by atoms with Gasteiger partial charge in [0, 0.05) is 22.2 Å². The summed E-state index contributed by atoms with van der Waals surface area (Å²) in [5.74, 6) is 0.655. The largest absolute Gasteiger partial charge is 0.496 e. The number of aromatic nitrogens is 1. The number of hydrogen-bond donors (Lipinski definition) is 1. The number of halogens is 1. The number of nitrogens with one attached hydrogen (secondary N) is 1. The second-order valence-corrected chi connectivity index (χ2v) is 8.99. The number of thiazole rings is 1. The Morgan fingerprint density at radius 3 is 2.68 bits per heavy atom.